The maximum atomic E-state index is 13.5. The highest BCUT2D eigenvalue weighted by Crippen LogP contribution is 2.42. The molecule has 0 aromatic heterocycles. The number of halogens is 6. The molecule has 0 amide bonds. The number of ether oxygens (including phenoxy) is 1. The zero-order valence-corrected chi connectivity index (χ0v) is 14.6. The maximum absolute atomic E-state index is 13.5. The van der Waals surface area contributed by atoms with Crippen LogP contribution in [0.3, 0.4) is 0 Å². The van der Waals surface area contributed by atoms with Crippen molar-refractivity contribution in [2.24, 2.45) is 4.99 Å². The Morgan fingerprint density at radius 3 is 2.56 bits per heavy atom. The first-order chi connectivity index (χ1) is 8.27. The van der Waals surface area contributed by atoms with E-state index in [2.05, 4.69) is 74.9 Å². The molecular formula is C9H3Br3ClF2NOS. The van der Waals surface area contributed by atoms with Gasteiger partial charge >= 0.3 is 6.11 Å². The van der Waals surface area contributed by atoms with Crippen LogP contribution in [0, 0.1) is 0 Å². The second kappa shape index (κ2) is 6.72. The largest absolute Gasteiger partial charge is 0.429 e. The molecule has 0 saturated carbocycles. The van der Waals surface area contributed by atoms with Gasteiger partial charge in [-0.3, -0.25) is 0 Å². The fourth-order valence-corrected chi connectivity index (χ4v) is 2.07. The Morgan fingerprint density at radius 2 is 2.06 bits per heavy atom. The van der Waals surface area contributed by atoms with Gasteiger partial charge in [0, 0.05) is 4.47 Å². The summed E-state index contributed by atoms with van der Waals surface area (Å²) < 4.78 is 30.6. The normalized spacial score (nSPS) is 11.3. The summed E-state index contributed by atoms with van der Waals surface area (Å²) in [6.45, 7) is 0. The Labute approximate surface area is 137 Å². The predicted octanol–water partition coefficient (Wildman–Crippen LogP) is 5.92. The number of benzene rings is 1. The highest BCUT2D eigenvalue weighted by Gasteiger charge is 2.40. The quantitative estimate of drug-likeness (QED) is 0.299. The molecule has 0 heterocycles. The van der Waals surface area contributed by atoms with Crippen LogP contribution in [-0.2, 0) is 0 Å². The smallest absolute Gasteiger partial charge is 0.420 e. The van der Waals surface area contributed by atoms with E-state index in [-0.39, 0.29) is 16.5 Å². The lowest BCUT2D eigenvalue weighted by atomic mass is 10.3. The second-order valence-corrected chi connectivity index (χ2v) is 7.47. The van der Waals surface area contributed by atoms with Crippen LogP contribution in [0.2, 0.25) is 5.02 Å². The Kier molecular flexibility index (Phi) is 6.15. The zero-order chi connectivity index (χ0) is 13.9. The molecule has 0 saturated heterocycles. The molecule has 98 valence electrons. The fraction of sp³-hybridized carbons (Fsp3) is 0.222. The Bertz CT molecular complexity index is 509. The van der Waals surface area contributed by atoms with Gasteiger partial charge in [0.1, 0.15) is 5.69 Å². The molecular weight excluding hydrogens is 483 g/mol. The van der Waals surface area contributed by atoms with Gasteiger partial charge in [0.25, 0.3) is 0 Å². The zero-order valence-electron chi connectivity index (χ0n) is 8.26. The standard InChI is InChI=1S/C9H3Br3ClF2NOS/c10-4-1-5(13)7(16-3-18)6(2-4)17-9(14,15)8(11)12/h1-2,8H. The van der Waals surface area contributed by atoms with Crippen molar-refractivity contribution in [1.29, 1.82) is 0 Å². The van der Waals surface area contributed by atoms with E-state index in [9.17, 15) is 8.78 Å². The highest BCUT2D eigenvalue weighted by molar-refractivity contribution is 9.24. The Balaban J connectivity index is 3.27. The van der Waals surface area contributed by atoms with E-state index in [4.69, 9.17) is 11.6 Å². The third kappa shape index (κ3) is 4.21. The van der Waals surface area contributed by atoms with Crippen molar-refractivity contribution >= 4 is 82.5 Å². The summed E-state index contributed by atoms with van der Waals surface area (Å²) in [6.07, 6.45) is -3.49. The van der Waals surface area contributed by atoms with E-state index < -0.39 is 9.85 Å². The summed E-state index contributed by atoms with van der Waals surface area (Å²) in [6, 6.07) is 2.80. The van der Waals surface area contributed by atoms with Crippen LogP contribution < -0.4 is 4.74 Å². The van der Waals surface area contributed by atoms with Gasteiger partial charge in [0.2, 0.25) is 0 Å². The van der Waals surface area contributed by atoms with Gasteiger partial charge in [-0.05, 0) is 24.4 Å². The first kappa shape index (κ1) is 16.5. The molecule has 1 aromatic carbocycles. The number of alkyl halides is 4. The minimum absolute atomic E-state index is 0.00445. The monoisotopic (exact) mass is 483 g/mol. The lowest BCUT2D eigenvalue weighted by molar-refractivity contribution is -0.158. The van der Waals surface area contributed by atoms with Crippen molar-refractivity contribution in [3.63, 3.8) is 0 Å². The first-order valence-corrected chi connectivity index (χ1v) is 7.61. The van der Waals surface area contributed by atoms with Gasteiger partial charge in [-0.15, -0.1) is 0 Å². The first-order valence-electron chi connectivity index (χ1n) is 4.20. The minimum Gasteiger partial charge on any atom is -0.429 e. The number of aliphatic imine (C=N–C) groups is 1. The summed E-state index contributed by atoms with van der Waals surface area (Å²) in [5.41, 5.74) is -0.00445. The molecule has 1 rings (SSSR count). The van der Waals surface area contributed by atoms with Gasteiger partial charge in [-0.1, -0.05) is 59.4 Å². The summed E-state index contributed by atoms with van der Waals surface area (Å²) >= 11 is 18.8. The van der Waals surface area contributed by atoms with Crippen LogP contribution in [0.4, 0.5) is 14.5 Å². The van der Waals surface area contributed by atoms with Crippen LogP contribution >= 0.6 is 71.6 Å². The van der Waals surface area contributed by atoms with Crippen LogP contribution in [-0.4, -0.2) is 15.0 Å². The fourth-order valence-electron chi connectivity index (χ4n) is 0.965. The number of nitrogens with zero attached hydrogens (tertiary/aromatic N) is 1. The van der Waals surface area contributed by atoms with Crippen LogP contribution in [0.1, 0.15) is 0 Å². The number of hydrogen-bond acceptors (Lipinski definition) is 3. The van der Waals surface area contributed by atoms with Gasteiger partial charge in [-0.2, -0.15) is 13.8 Å². The summed E-state index contributed by atoms with van der Waals surface area (Å²) in [7, 11) is 0. The van der Waals surface area contributed by atoms with E-state index in [1.165, 1.54) is 12.1 Å². The molecule has 0 N–H and O–H groups in total. The molecule has 0 aliphatic carbocycles. The highest BCUT2D eigenvalue weighted by atomic mass is 79.9. The van der Waals surface area contributed by atoms with Crippen LogP contribution in [0.15, 0.2) is 21.6 Å². The van der Waals surface area contributed by atoms with E-state index in [1.807, 2.05) is 0 Å². The molecule has 0 aliphatic heterocycles. The van der Waals surface area contributed by atoms with E-state index in [0.29, 0.717) is 4.47 Å². The summed E-state index contributed by atoms with van der Waals surface area (Å²) in [5, 5.41) is 2.18. The van der Waals surface area contributed by atoms with Crippen molar-refractivity contribution in [3.8, 4) is 5.75 Å². The van der Waals surface area contributed by atoms with Crippen molar-refractivity contribution in [2.45, 2.75) is 9.85 Å². The third-order valence-corrected chi connectivity index (χ3v) is 3.55. The molecule has 0 unspecified atom stereocenters. The van der Waals surface area contributed by atoms with Gasteiger partial charge in [-0.25, -0.2) is 0 Å². The average Bonchev–Trinajstić information content (AvgIpc) is 2.22. The second-order valence-electron chi connectivity index (χ2n) is 2.90. The van der Waals surface area contributed by atoms with E-state index in [0.717, 1.165) is 0 Å². The predicted molar refractivity (Wildman–Crippen MR) is 81.1 cm³/mol. The van der Waals surface area contributed by atoms with Crippen molar-refractivity contribution in [1.82, 2.24) is 0 Å². The Hall–Kier alpha value is 0.410. The topological polar surface area (TPSA) is 21.6 Å². The molecule has 0 radical (unpaired) electrons. The van der Waals surface area contributed by atoms with Crippen LogP contribution in [0.5, 0.6) is 5.75 Å². The number of thiocarbonyl (C=S) groups is 1. The number of rotatable bonds is 4. The molecule has 2 nitrogen and oxygen atoms in total. The molecule has 0 spiro atoms. The van der Waals surface area contributed by atoms with E-state index in [1.54, 1.807) is 0 Å². The van der Waals surface area contributed by atoms with Gasteiger partial charge < -0.3 is 4.74 Å². The molecule has 0 aliphatic rings. The molecule has 18 heavy (non-hydrogen) atoms. The summed E-state index contributed by atoms with van der Waals surface area (Å²) in [5.74, 6) is -0.208. The van der Waals surface area contributed by atoms with Gasteiger partial charge in [0.15, 0.2) is 9.49 Å². The Morgan fingerprint density at radius 1 is 1.44 bits per heavy atom. The number of hydrogen-bond donors (Lipinski definition) is 0. The minimum atomic E-state index is -3.49. The maximum Gasteiger partial charge on any atom is 0.420 e. The average molecular weight is 486 g/mol. The van der Waals surface area contributed by atoms with Crippen LogP contribution in [0.25, 0.3) is 0 Å². The molecule has 0 atom stereocenters. The summed E-state index contributed by atoms with van der Waals surface area (Å²) in [4.78, 5) is 3.61. The molecule has 9 heteroatoms. The SMILES string of the molecule is FC(F)(Oc1cc(Br)cc(Cl)c1N=C=S)C(Br)Br. The number of isothiocyanates is 1. The van der Waals surface area contributed by atoms with E-state index >= 15 is 0 Å². The molecule has 1 aromatic rings. The molecule has 0 bridgehead atoms. The third-order valence-electron chi connectivity index (χ3n) is 1.65. The van der Waals surface area contributed by atoms with Crippen molar-refractivity contribution < 1.29 is 13.5 Å². The lowest BCUT2D eigenvalue weighted by Crippen LogP contribution is -2.31. The van der Waals surface area contributed by atoms with Gasteiger partial charge in [0.05, 0.1) is 10.2 Å². The van der Waals surface area contributed by atoms with Crippen molar-refractivity contribution in [2.75, 3.05) is 0 Å². The molecule has 0 fully saturated rings. The lowest BCUT2D eigenvalue weighted by Gasteiger charge is -2.20. The van der Waals surface area contributed by atoms with Crippen molar-refractivity contribution in [3.05, 3.63) is 21.6 Å².